The third-order valence-electron chi connectivity index (χ3n) is 4.54. The van der Waals surface area contributed by atoms with Gasteiger partial charge in [0.15, 0.2) is 11.6 Å². The number of hydrogen-bond donors (Lipinski definition) is 4. The molecular formula is C20H18ClFN6O. The molecule has 1 aromatic carbocycles. The van der Waals surface area contributed by atoms with Crippen LogP contribution < -0.4 is 16.6 Å². The lowest BCUT2D eigenvalue weighted by atomic mass is 10.0. The fourth-order valence-corrected chi connectivity index (χ4v) is 3.35. The van der Waals surface area contributed by atoms with Gasteiger partial charge in [0.25, 0.3) is 5.56 Å². The molecule has 0 saturated carbocycles. The van der Waals surface area contributed by atoms with Crippen LogP contribution in [-0.4, -0.2) is 19.9 Å². The van der Waals surface area contributed by atoms with Crippen LogP contribution in [0.25, 0.3) is 22.3 Å². The summed E-state index contributed by atoms with van der Waals surface area (Å²) in [4.78, 5) is 26.9. The monoisotopic (exact) mass is 412 g/mol. The number of nitrogen functional groups attached to an aromatic ring is 1. The number of hydrogen-bond acceptors (Lipinski definition) is 5. The number of nitrogens with two attached hydrogens (primary N) is 1. The molecule has 0 aliphatic rings. The van der Waals surface area contributed by atoms with Crippen molar-refractivity contribution < 1.29 is 4.39 Å². The lowest BCUT2D eigenvalue weighted by molar-refractivity contribution is 0.631. The molecule has 0 radical (unpaired) electrons. The zero-order valence-corrected chi connectivity index (χ0v) is 16.4. The molecule has 3 heterocycles. The molecule has 5 N–H and O–H groups in total. The minimum absolute atomic E-state index is 0.00467. The van der Waals surface area contributed by atoms with E-state index in [0.29, 0.717) is 33.3 Å². The number of anilines is 3. The Bertz CT molecular complexity index is 1280. The summed E-state index contributed by atoms with van der Waals surface area (Å²) in [6, 6.07) is 7.47. The van der Waals surface area contributed by atoms with Gasteiger partial charge in [-0.3, -0.25) is 4.79 Å². The van der Waals surface area contributed by atoms with E-state index in [0.717, 1.165) is 0 Å². The Morgan fingerprint density at radius 1 is 1.14 bits per heavy atom. The molecule has 148 valence electrons. The molecule has 7 nitrogen and oxygen atoms in total. The van der Waals surface area contributed by atoms with E-state index in [9.17, 15) is 9.18 Å². The average Bonchev–Trinajstić information content (AvgIpc) is 3.06. The Labute approximate surface area is 170 Å². The van der Waals surface area contributed by atoms with E-state index in [1.807, 2.05) is 13.8 Å². The summed E-state index contributed by atoms with van der Waals surface area (Å²) in [6.45, 7) is 3.90. The Morgan fingerprint density at radius 2 is 1.93 bits per heavy atom. The van der Waals surface area contributed by atoms with E-state index in [1.54, 1.807) is 18.3 Å². The first-order chi connectivity index (χ1) is 13.8. The first-order valence-electron chi connectivity index (χ1n) is 8.93. The highest BCUT2D eigenvalue weighted by molar-refractivity contribution is 6.30. The van der Waals surface area contributed by atoms with E-state index in [-0.39, 0.29) is 23.0 Å². The molecule has 0 spiro atoms. The van der Waals surface area contributed by atoms with E-state index in [4.69, 9.17) is 17.3 Å². The van der Waals surface area contributed by atoms with Crippen molar-refractivity contribution in [3.63, 3.8) is 0 Å². The highest BCUT2D eigenvalue weighted by Crippen LogP contribution is 2.32. The molecule has 0 unspecified atom stereocenters. The van der Waals surface area contributed by atoms with Crippen LogP contribution in [0.5, 0.6) is 0 Å². The molecule has 29 heavy (non-hydrogen) atoms. The number of nitrogens with one attached hydrogen (secondary N) is 3. The maximum absolute atomic E-state index is 14.4. The van der Waals surface area contributed by atoms with Gasteiger partial charge in [0.2, 0.25) is 0 Å². The van der Waals surface area contributed by atoms with Crippen molar-refractivity contribution in [2.24, 2.45) is 0 Å². The zero-order chi connectivity index (χ0) is 20.7. The second kappa shape index (κ2) is 7.21. The largest absolute Gasteiger partial charge is 0.369 e. The Kier molecular flexibility index (Phi) is 4.71. The third-order valence-corrected chi connectivity index (χ3v) is 4.78. The molecule has 9 heteroatoms. The van der Waals surface area contributed by atoms with Crippen LogP contribution in [0.3, 0.4) is 0 Å². The van der Waals surface area contributed by atoms with Gasteiger partial charge >= 0.3 is 0 Å². The van der Waals surface area contributed by atoms with Gasteiger partial charge in [-0.1, -0.05) is 25.4 Å². The van der Waals surface area contributed by atoms with Crippen molar-refractivity contribution in [2.45, 2.75) is 19.8 Å². The molecule has 3 aromatic heterocycles. The van der Waals surface area contributed by atoms with Crippen LogP contribution in [0, 0.1) is 5.82 Å². The van der Waals surface area contributed by atoms with Crippen molar-refractivity contribution in [3.05, 3.63) is 63.4 Å². The summed E-state index contributed by atoms with van der Waals surface area (Å²) < 4.78 is 14.4. The Morgan fingerprint density at radius 3 is 2.69 bits per heavy atom. The number of halogens is 2. The van der Waals surface area contributed by atoms with E-state index >= 15 is 0 Å². The van der Waals surface area contributed by atoms with Crippen molar-refractivity contribution in [2.75, 3.05) is 11.1 Å². The second-order valence-corrected chi connectivity index (χ2v) is 7.36. The first-order valence-corrected chi connectivity index (χ1v) is 9.31. The molecule has 0 bridgehead atoms. The van der Waals surface area contributed by atoms with Gasteiger partial charge in [-0.15, -0.1) is 0 Å². The number of nitrogens with zero attached hydrogens (tertiary/aromatic N) is 2. The highest BCUT2D eigenvalue weighted by Gasteiger charge is 2.17. The first kappa shape index (κ1) is 18.9. The summed E-state index contributed by atoms with van der Waals surface area (Å²) in [6.07, 6.45) is 1.61. The predicted octanol–water partition coefficient (Wildman–Crippen LogP) is 4.55. The number of imidazole rings is 1. The second-order valence-electron chi connectivity index (χ2n) is 6.92. The quantitative estimate of drug-likeness (QED) is 0.392. The van der Waals surface area contributed by atoms with Gasteiger partial charge < -0.3 is 21.0 Å². The minimum Gasteiger partial charge on any atom is -0.369 e. The summed E-state index contributed by atoms with van der Waals surface area (Å²) >= 11 is 6.01. The van der Waals surface area contributed by atoms with Crippen LogP contribution in [0.1, 0.15) is 25.5 Å². The Balaban J connectivity index is 1.89. The lowest BCUT2D eigenvalue weighted by Crippen LogP contribution is -2.15. The molecule has 0 atom stereocenters. The van der Waals surface area contributed by atoms with Gasteiger partial charge in [-0.05, 0) is 36.2 Å². The van der Waals surface area contributed by atoms with Gasteiger partial charge in [0, 0.05) is 22.5 Å². The van der Waals surface area contributed by atoms with E-state index < -0.39 is 11.4 Å². The van der Waals surface area contributed by atoms with Crippen molar-refractivity contribution >= 4 is 40.1 Å². The van der Waals surface area contributed by atoms with Crippen LogP contribution in [0.15, 0.2) is 41.3 Å². The molecule has 0 amide bonds. The van der Waals surface area contributed by atoms with E-state index in [1.165, 1.54) is 18.2 Å². The highest BCUT2D eigenvalue weighted by atomic mass is 35.5. The molecule has 0 saturated heterocycles. The standard InChI is InChI=1S/C20H18ClFN6O/c1-9(2)16-15(25-14-5-6-24-18-17(14)27-20(23)28-18)8-12(19(29)26-16)11-7-10(21)3-4-13(11)22/h3-9H,1-2H3,(H,26,29)(H4,23,24,25,27,28). The van der Waals surface area contributed by atoms with Crippen LogP contribution in [0.2, 0.25) is 5.02 Å². The SMILES string of the molecule is CC(C)c1[nH]c(=O)c(-c2cc(Cl)ccc2F)cc1Nc1ccnc2[nH]c(N)nc12. The number of benzene rings is 1. The smallest absolute Gasteiger partial charge is 0.256 e. The lowest BCUT2D eigenvalue weighted by Gasteiger charge is -2.16. The third kappa shape index (κ3) is 3.54. The fraction of sp³-hybridized carbons (Fsp3) is 0.150. The van der Waals surface area contributed by atoms with Crippen LogP contribution in [0.4, 0.5) is 21.7 Å². The van der Waals surface area contributed by atoms with Crippen molar-refractivity contribution in [1.29, 1.82) is 0 Å². The van der Waals surface area contributed by atoms with Gasteiger partial charge in [-0.25, -0.2) is 14.4 Å². The van der Waals surface area contributed by atoms with Gasteiger partial charge in [0.1, 0.15) is 11.3 Å². The van der Waals surface area contributed by atoms with Crippen molar-refractivity contribution in [1.82, 2.24) is 19.9 Å². The zero-order valence-electron chi connectivity index (χ0n) is 15.7. The van der Waals surface area contributed by atoms with Crippen LogP contribution >= 0.6 is 11.6 Å². The summed E-state index contributed by atoms with van der Waals surface area (Å²) in [5.74, 6) is -0.284. The minimum atomic E-state index is -0.533. The molecule has 0 aliphatic carbocycles. The van der Waals surface area contributed by atoms with Crippen molar-refractivity contribution in [3.8, 4) is 11.1 Å². The number of fused-ring (bicyclic) bond motifs is 1. The van der Waals surface area contributed by atoms with Gasteiger partial charge in [-0.2, -0.15) is 0 Å². The molecule has 4 aromatic rings. The Hall–Kier alpha value is -3.39. The normalized spacial score (nSPS) is 11.3. The average molecular weight is 413 g/mol. The number of aromatic nitrogens is 4. The molecular weight excluding hydrogens is 395 g/mol. The number of rotatable bonds is 4. The molecule has 0 fully saturated rings. The molecule has 4 rings (SSSR count). The summed E-state index contributed by atoms with van der Waals surface area (Å²) in [5, 5.41) is 3.62. The maximum atomic E-state index is 14.4. The predicted molar refractivity (Wildman–Crippen MR) is 113 cm³/mol. The van der Waals surface area contributed by atoms with Crippen LogP contribution in [-0.2, 0) is 0 Å². The summed E-state index contributed by atoms with van der Waals surface area (Å²) in [5.41, 5.74) is 8.67. The van der Waals surface area contributed by atoms with E-state index in [2.05, 4.69) is 25.3 Å². The number of aromatic amines is 2. The topological polar surface area (TPSA) is 112 Å². The molecule has 0 aliphatic heterocycles. The van der Waals surface area contributed by atoms with Gasteiger partial charge in [0.05, 0.1) is 16.9 Å². The summed E-state index contributed by atoms with van der Waals surface area (Å²) in [7, 11) is 0. The number of H-pyrrole nitrogens is 2. The fourth-order valence-electron chi connectivity index (χ4n) is 3.18. The number of pyridine rings is 2. The maximum Gasteiger partial charge on any atom is 0.256 e.